The van der Waals surface area contributed by atoms with Gasteiger partial charge < -0.3 is 9.84 Å². The monoisotopic (exact) mass is 261 g/mol. The fraction of sp³-hybridized carbons (Fsp3) is 0.533. The van der Waals surface area contributed by atoms with Gasteiger partial charge in [0.25, 0.3) is 0 Å². The molecule has 2 aliphatic rings. The SMILES string of the molecule is O=C(O)CN(Cc1ccc2c(c1)CCO2)CC1CC1. The molecule has 1 heterocycles. The van der Waals surface area contributed by atoms with Crippen LogP contribution in [0, 0.1) is 5.92 Å². The molecular weight excluding hydrogens is 242 g/mol. The third-order valence-electron chi connectivity index (χ3n) is 3.73. The van der Waals surface area contributed by atoms with Crippen LogP contribution < -0.4 is 4.74 Å². The Morgan fingerprint density at radius 1 is 1.42 bits per heavy atom. The highest BCUT2D eigenvalue weighted by Gasteiger charge is 2.25. The second-order valence-electron chi connectivity index (χ2n) is 5.55. The zero-order chi connectivity index (χ0) is 13.2. The summed E-state index contributed by atoms with van der Waals surface area (Å²) >= 11 is 0. The van der Waals surface area contributed by atoms with Gasteiger partial charge in [-0.1, -0.05) is 12.1 Å². The molecule has 0 unspecified atom stereocenters. The summed E-state index contributed by atoms with van der Waals surface area (Å²) in [6.45, 7) is 2.51. The van der Waals surface area contributed by atoms with Gasteiger partial charge >= 0.3 is 5.97 Å². The fourth-order valence-electron chi connectivity index (χ4n) is 2.64. The first-order valence-electron chi connectivity index (χ1n) is 6.89. The van der Waals surface area contributed by atoms with E-state index in [0.717, 1.165) is 31.9 Å². The number of benzene rings is 1. The minimum Gasteiger partial charge on any atom is -0.493 e. The Labute approximate surface area is 113 Å². The number of hydrogen-bond acceptors (Lipinski definition) is 3. The van der Waals surface area contributed by atoms with Gasteiger partial charge in [0.1, 0.15) is 5.75 Å². The first kappa shape index (κ1) is 12.5. The standard InChI is InChI=1S/C15H19NO3/c17-15(18)10-16(8-11-1-2-11)9-12-3-4-14-13(7-12)5-6-19-14/h3-4,7,11H,1-2,5-6,8-10H2,(H,17,18). The van der Waals surface area contributed by atoms with Gasteiger partial charge in [0, 0.05) is 19.5 Å². The van der Waals surface area contributed by atoms with Gasteiger partial charge in [-0.3, -0.25) is 9.69 Å². The van der Waals surface area contributed by atoms with E-state index >= 15 is 0 Å². The number of ether oxygens (including phenoxy) is 1. The molecule has 0 aromatic heterocycles. The van der Waals surface area contributed by atoms with Gasteiger partial charge in [0.15, 0.2) is 0 Å². The summed E-state index contributed by atoms with van der Waals surface area (Å²) in [4.78, 5) is 13.0. The molecule has 3 rings (SSSR count). The Hall–Kier alpha value is -1.55. The van der Waals surface area contributed by atoms with E-state index in [1.807, 2.05) is 17.0 Å². The number of rotatable bonds is 6. The summed E-state index contributed by atoms with van der Waals surface area (Å²) in [5, 5.41) is 8.99. The molecule has 1 saturated carbocycles. The van der Waals surface area contributed by atoms with E-state index in [1.54, 1.807) is 0 Å². The lowest BCUT2D eigenvalue weighted by molar-refractivity contribution is -0.138. The number of carboxylic acids is 1. The van der Waals surface area contributed by atoms with E-state index in [1.165, 1.54) is 24.0 Å². The molecule has 0 bridgehead atoms. The first-order chi connectivity index (χ1) is 9.20. The quantitative estimate of drug-likeness (QED) is 0.850. The van der Waals surface area contributed by atoms with Crippen molar-refractivity contribution in [1.82, 2.24) is 4.90 Å². The molecule has 1 aromatic carbocycles. The van der Waals surface area contributed by atoms with Gasteiger partial charge in [-0.15, -0.1) is 0 Å². The second kappa shape index (κ2) is 5.21. The molecule has 0 saturated heterocycles. The Balaban J connectivity index is 1.67. The van der Waals surface area contributed by atoms with E-state index in [0.29, 0.717) is 5.92 Å². The van der Waals surface area contributed by atoms with Crippen molar-refractivity contribution < 1.29 is 14.6 Å². The zero-order valence-electron chi connectivity index (χ0n) is 11.0. The maximum atomic E-state index is 10.9. The molecule has 102 valence electrons. The van der Waals surface area contributed by atoms with Crippen LogP contribution in [0.1, 0.15) is 24.0 Å². The molecule has 0 spiro atoms. The number of carboxylic acid groups (broad SMARTS) is 1. The number of carbonyl (C=O) groups is 1. The first-order valence-corrected chi connectivity index (χ1v) is 6.89. The third-order valence-corrected chi connectivity index (χ3v) is 3.73. The third kappa shape index (κ3) is 3.26. The normalized spacial score (nSPS) is 17.3. The summed E-state index contributed by atoms with van der Waals surface area (Å²) in [7, 11) is 0. The van der Waals surface area contributed by atoms with Crippen LogP contribution >= 0.6 is 0 Å². The molecule has 4 nitrogen and oxygen atoms in total. The van der Waals surface area contributed by atoms with Crippen LogP contribution in [0.2, 0.25) is 0 Å². The Morgan fingerprint density at radius 3 is 3.00 bits per heavy atom. The second-order valence-corrected chi connectivity index (χ2v) is 5.55. The average Bonchev–Trinajstić information content (AvgIpc) is 3.04. The van der Waals surface area contributed by atoms with E-state index in [4.69, 9.17) is 9.84 Å². The number of nitrogens with zero attached hydrogens (tertiary/aromatic N) is 1. The van der Waals surface area contributed by atoms with Crippen LogP contribution in [0.25, 0.3) is 0 Å². The van der Waals surface area contributed by atoms with Gasteiger partial charge in [-0.2, -0.15) is 0 Å². The minimum absolute atomic E-state index is 0.129. The van der Waals surface area contributed by atoms with Crippen molar-refractivity contribution in [3.8, 4) is 5.75 Å². The van der Waals surface area contributed by atoms with Gasteiger partial charge in [0.2, 0.25) is 0 Å². The molecule has 0 atom stereocenters. The summed E-state index contributed by atoms with van der Waals surface area (Å²) < 4.78 is 5.49. The van der Waals surface area contributed by atoms with Crippen molar-refractivity contribution in [2.45, 2.75) is 25.8 Å². The molecule has 1 aromatic rings. The number of aliphatic carboxylic acids is 1. The van der Waals surface area contributed by atoms with E-state index in [-0.39, 0.29) is 6.54 Å². The molecule has 1 aliphatic heterocycles. The number of fused-ring (bicyclic) bond motifs is 1. The lowest BCUT2D eigenvalue weighted by Crippen LogP contribution is -2.31. The highest BCUT2D eigenvalue weighted by Crippen LogP contribution is 2.31. The van der Waals surface area contributed by atoms with E-state index in [9.17, 15) is 4.79 Å². The fourth-order valence-corrected chi connectivity index (χ4v) is 2.64. The van der Waals surface area contributed by atoms with Crippen molar-refractivity contribution in [1.29, 1.82) is 0 Å². The van der Waals surface area contributed by atoms with Crippen molar-refractivity contribution in [3.63, 3.8) is 0 Å². The van der Waals surface area contributed by atoms with Crippen molar-refractivity contribution in [2.24, 2.45) is 5.92 Å². The Kier molecular flexibility index (Phi) is 3.42. The summed E-state index contributed by atoms with van der Waals surface area (Å²) in [6.07, 6.45) is 3.45. The van der Waals surface area contributed by atoms with Crippen LogP contribution in [0.4, 0.5) is 0 Å². The Bertz CT molecular complexity index is 482. The zero-order valence-corrected chi connectivity index (χ0v) is 11.0. The molecule has 0 amide bonds. The predicted molar refractivity (Wildman–Crippen MR) is 71.3 cm³/mol. The molecule has 1 N–H and O–H groups in total. The highest BCUT2D eigenvalue weighted by molar-refractivity contribution is 5.69. The predicted octanol–water partition coefficient (Wildman–Crippen LogP) is 1.92. The smallest absolute Gasteiger partial charge is 0.317 e. The molecule has 1 fully saturated rings. The van der Waals surface area contributed by atoms with Crippen molar-refractivity contribution in [3.05, 3.63) is 29.3 Å². The van der Waals surface area contributed by atoms with Crippen molar-refractivity contribution >= 4 is 5.97 Å². The minimum atomic E-state index is -0.745. The lowest BCUT2D eigenvalue weighted by Gasteiger charge is -2.20. The topological polar surface area (TPSA) is 49.8 Å². The van der Waals surface area contributed by atoms with Gasteiger partial charge in [0.05, 0.1) is 13.2 Å². The Morgan fingerprint density at radius 2 is 2.26 bits per heavy atom. The van der Waals surface area contributed by atoms with Crippen LogP contribution in [0.3, 0.4) is 0 Å². The summed E-state index contributed by atoms with van der Waals surface area (Å²) in [5.74, 6) is 0.943. The van der Waals surface area contributed by atoms with E-state index < -0.39 is 5.97 Å². The number of hydrogen-bond donors (Lipinski definition) is 1. The molecule has 19 heavy (non-hydrogen) atoms. The van der Waals surface area contributed by atoms with Crippen LogP contribution in [0.15, 0.2) is 18.2 Å². The summed E-state index contributed by atoms with van der Waals surface area (Å²) in [6, 6.07) is 6.21. The van der Waals surface area contributed by atoms with E-state index in [2.05, 4.69) is 6.07 Å². The highest BCUT2D eigenvalue weighted by atomic mass is 16.5. The largest absolute Gasteiger partial charge is 0.493 e. The molecule has 0 radical (unpaired) electrons. The van der Waals surface area contributed by atoms with Crippen LogP contribution in [0.5, 0.6) is 5.75 Å². The molecule has 1 aliphatic carbocycles. The van der Waals surface area contributed by atoms with Gasteiger partial charge in [-0.25, -0.2) is 0 Å². The summed E-state index contributed by atoms with van der Waals surface area (Å²) in [5.41, 5.74) is 2.44. The maximum absolute atomic E-state index is 10.9. The van der Waals surface area contributed by atoms with Crippen LogP contribution in [-0.2, 0) is 17.8 Å². The van der Waals surface area contributed by atoms with Gasteiger partial charge in [-0.05, 0) is 36.0 Å². The maximum Gasteiger partial charge on any atom is 0.317 e. The molecular formula is C15H19NO3. The van der Waals surface area contributed by atoms with Crippen LogP contribution in [-0.4, -0.2) is 35.7 Å². The molecule has 4 heteroatoms. The van der Waals surface area contributed by atoms with Crippen molar-refractivity contribution in [2.75, 3.05) is 19.7 Å². The lowest BCUT2D eigenvalue weighted by atomic mass is 10.1. The average molecular weight is 261 g/mol.